The molecule has 2 aromatic heterocycles. The SMILES string of the molecule is CC(=O)c1cc(-c2ncn(-c3ccc(C(F)(F)F)cn3)n2)ccc1NC(=O)/N=C1\SCC(=O)N1c1cc(C)ccc1C(C)C. The van der Waals surface area contributed by atoms with Crippen molar-refractivity contribution in [2.75, 3.05) is 16.0 Å². The molecule has 0 aliphatic carbocycles. The molecule has 10 nitrogen and oxygen atoms in total. The highest BCUT2D eigenvalue weighted by molar-refractivity contribution is 8.15. The number of carbonyl (C=O) groups is 3. The quantitative estimate of drug-likeness (QED) is 0.239. The second-order valence-corrected chi connectivity index (χ2v) is 11.2. The van der Waals surface area contributed by atoms with Gasteiger partial charge in [0.15, 0.2) is 22.6 Å². The lowest BCUT2D eigenvalue weighted by Gasteiger charge is -2.22. The number of nitrogens with one attached hydrogen (secondary N) is 1. The minimum Gasteiger partial charge on any atom is -0.305 e. The Hall–Kier alpha value is -4.85. The van der Waals surface area contributed by atoms with Gasteiger partial charge in [0.05, 0.1) is 22.7 Å². The van der Waals surface area contributed by atoms with E-state index in [2.05, 4.69) is 25.4 Å². The van der Waals surface area contributed by atoms with Crippen molar-refractivity contribution in [2.24, 2.45) is 4.99 Å². The fourth-order valence-electron chi connectivity index (χ4n) is 4.53. The van der Waals surface area contributed by atoms with Gasteiger partial charge in [-0.25, -0.2) is 19.4 Å². The van der Waals surface area contributed by atoms with E-state index < -0.39 is 17.8 Å². The first-order valence-electron chi connectivity index (χ1n) is 13.4. The molecule has 226 valence electrons. The topological polar surface area (TPSA) is 122 Å². The smallest absolute Gasteiger partial charge is 0.305 e. The van der Waals surface area contributed by atoms with E-state index in [0.29, 0.717) is 17.4 Å². The minimum absolute atomic E-state index is 0.120. The van der Waals surface area contributed by atoms with E-state index in [-0.39, 0.29) is 51.4 Å². The van der Waals surface area contributed by atoms with E-state index in [1.165, 1.54) is 41.0 Å². The molecule has 0 bridgehead atoms. The molecule has 44 heavy (non-hydrogen) atoms. The monoisotopic (exact) mass is 621 g/mol. The van der Waals surface area contributed by atoms with Crippen LogP contribution in [0.1, 0.15) is 53.7 Å². The van der Waals surface area contributed by atoms with Gasteiger partial charge >= 0.3 is 12.2 Å². The number of hydrogen-bond donors (Lipinski definition) is 1. The van der Waals surface area contributed by atoms with Crippen LogP contribution in [-0.4, -0.2) is 48.4 Å². The third-order valence-electron chi connectivity index (χ3n) is 6.71. The Morgan fingerprint density at radius 1 is 1.07 bits per heavy atom. The Kier molecular flexibility index (Phi) is 8.37. The van der Waals surface area contributed by atoms with Gasteiger partial charge < -0.3 is 5.32 Å². The van der Waals surface area contributed by atoms with Crippen LogP contribution in [0.15, 0.2) is 66.0 Å². The lowest BCUT2D eigenvalue weighted by atomic mass is 9.99. The number of carbonyl (C=O) groups excluding carboxylic acids is 3. The number of aromatic nitrogens is 4. The molecule has 0 spiro atoms. The van der Waals surface area contributed by atoms with Crippen LogP contribution >= 0.6 is 11.8 Å². The molecule has 1 aliphatic rings. The van der Waals surface area contributed by atoms with Gasteiger partial charge in [0.1, 0.15) is 6.33 Å². The van der Waals surface area contributed by atoms with Crippen molar-refractivity contribution in [1.82, 2.24) is 19.7 Å². The predicted octanol–water partition coefficient (Wildman–Crippen LogP) is 6.65. The maximum Gasteiger partial charge on any atom is 0.417 e. The number of ketones is 1. The molecule has 1 aliphatic heterocycles. The Morgan fingerprint density at radius 3 is 2.50 bits per heavy atom. The minimum atomic E-state index is -4.52. The maximum atomic E-state index is 13.0. The number of hydrogen-bond acceptors (Lipinski definition) is 7. The summed E-state index contributed by atoms with van der Waals surface area (Å²) in [5.74, 6) is 0.0149. The zero-order chi connectivity index (χ0) is 31.8. The summed E-state index contributed by atoms with van der Waals surface area (Å²) in [4.78, 5) is 52.1. The number of aliphatic imine (C=N–C) groups is 1. The molecule has 5 rings (SSSR count). The number of thioether (sulfide) groups is 1. The molecule has 1 saturated heterocycles. The number of anilines is 2. The number of benzene rings is 2. The van der Waals surface area contributed by atoms with Crippen LogP contribution in [0.2, 0.25) is 0 Å². The lowest BCUT2D eigenvalue weighted by molar-refractivity contribution is -0.137. The van der Waals surface area contributed by atoms with E-state index in [0.717, 1.165) is 29.0 Å². The zero-order valence-electron chi connectivity index (χ0n) is 24.0. The van der Waals surface area contributed by atoms with Crippen LogP contribution in [0.5, 0.6) is 0 Å². The van der Waals surface area contributed by atoms with Gasteiger partial charge in [-0.05, 0) is 67.3 Å². The fraction of sp³-hybridized carbons (Fsp3) is 0.233. The summed E-state index contributed by atoms with van der Waals surface area (Å²) in [5, 5.41) is 7.14. The molecule has 3 amide bonds. The predicted molar refractivity (Wildman–Crippen MR) is 161 cm³/mol. The van der Waals surface area contributed by atoms with E-state index >= 15 is 0 Å². The van der Waals surface area contributed by atoms with Crippen LogP contribution in [0.4, 0.5) is 29.3 Å². The van der Waals surface area contributed by atoms with E-state index in [9.17, 15) is 27.6 Å². The second-order valence-electron chi connectivity index (χ2n) is 10.3. The number of amides is 3. The molecule has 3 heterocycles. The summed E-state index contributed by atoms with van der Waals surface area (Å²) < 4.78 is 39.8. The molecular weight excluding hydrogens is 595 g/mol. The van der Waals surface area contributed by atoms with Gasteiger partial charge in [0, 0.05) is 17.3 Å². The molecule has 2 aromatic carbocycles. The van der Waals surface area contributed by atoms with Crippen molar-refractivity contribution in [2.45, 2.75) is 39.8 Å². The molecule has 14 heteroatoms. The van der Waals surface area contributed by atoms with Gasteiger partial charge in [-0.1, -0.05) is 37.7 Å². The zero-order valence-corrected chi connectivity index (χ0v) is 24.8. The normalized spacial score (nSPS) is 14.5. The van der Waals surface area contributed by atoms with Crippen molar-refractivity contribution >= 4 is 46.0 Å². The van der Waals surface area contributed by atoms with Crippen LogP contribution in [0.3, 0.4) is 0 Å². The molecule has 0 radical (unpaired) electrons. The molecular formula is C30H26F3N7O3S. The fourth-order valence-corrected chi connectivity index (χ4v) is 5.38. The number of amidine groups is 1. The number of urea groups is 1. The Balaban J connectivity index is 1.39. The van der Waals surface area contributed by atoms with Gasteiger partial charge in [-0.15, -0.1) is 5.10 Å². The lowest BCUT2D eigenvalue weighted by Crippen LogP contribution is -2.31. The molecule has 0 atom stereocenters. The maximum absolute atomic E-state index is 13.0. The number of pyridine rings is 1. The summed E-state index contributed by atoms with van der Waals surface area (Å²) in [6.45, 7) is 7.29. The highest BCUT2D eigenvalue weighted by Gasteiger charge is 2.33. The van der Waals surface area contributed by atoms with Gasteiger partial charge in [0.2, 0.25) is 5.91 Å². The van der Waals surface area contributed by atoms with E-state index in [4.69, 9.17) is 0 Å². The van der Waals surface area contributed by atoms with E-state index in [1.54, 1.807) is 6.07 Å². The first-order valence-corrected chi connectivity index (χ1v) is 14.4. The average Bonchev–Trinajstić information content (AvgIpc) is 3.59. The first kappa shape index (κ1) is 30.6. The van der Waals surface area contributed by atoms with E-state index in [1.807, 2.05) is 39.0 Å². The third kappa shape index (κ3) is 6.39. The van der Waals surface area contributed by atoms with Crippen molar-refractivity contribution in [3.8, 4) is 17.2 Å². The Labute approximate surface area is 254 Å². The summed E-state index contributed by atoms with van der Waals surface area (Å²) in [6.07, 6.45) is -2.53. The molecule has 0 unspecified atom stereocenters. The number of rotatable bonds is 6. The molecule has 0 saturated carbocycles. The first-order chi connectivity index (χ1) is 20.8. The largest absolute Gasteiger partial charge is 0.417 e. The Morgan fingerprint density at radius 2 is 1.84 bits per heavy atom. The molecule has 4 aromatic rings. The van der Waals surface area contributed by atoms with Gasteiger partial charge in [-0.3, -0.25) is 14.5 Å². The summed E-state index contributed by atoms with van der Waals surface area (Å²) in [7, 11) is 0. The third-order valence-corrected chi connectivity index (χ3v) is 7.64. The van der Waals surface area contributed by atoms with Crippen molar-refractivity contribution < 1.29 is 27.6 Å². The van der Waals surface area contributed by atoms with Gasteiger partial charge in [0.25, 0.3) is 0 Å². The number of halogens is 3. The van der Waals surface area contributed by atoms with Crippen LogP contribution < -0.4 is 10.2 Å². The van der Waals surface area contributed by atoms with Crippen molar-refractivity contribution in [3.63, 3.8) is 0 Å². The van der Waals surface area contributed by atoms with Crippen molar-refractivity contribution in [3.05, 3.63) is 83.3 Å². The molecule has 1 fully saturated rings. The summed E-state index contributed by atoms with van der Waals surface area (Å²) in [6, 6.07) is 11.7. The second kappa shape index (κ2) is 12.0. The summed E-state index contributed by atoms with van der Waals surface area (Å²) >= 11 is 1.15. The number of Topliss-reactive ketones (excluding diaryl/α,β-unsaturated/α-hetero) is 1. The van der Waals surface area contributed by atoms with Crippen LogP contribution in [0.25, 0.3) is 17.2 Å². The Bertz CT molecular complexity index is 1800. The highest BCUT2D eigenvalue weighted by Crippen LogP contribution is 2.34. The highest BCUT2D eigenvalue weighted by atomic mass is 32.2. The average molecular weight is 622 g/mol. The summed E-state index contributed by atoms with van der Waals surface area (Å²) in [5.41, 5.74) is 2.46. The number of aryl methyl sites for hydroxylation is 1. The van der Waals surface area contributed by atoms with Crippen LogP contribution in [-0.2, 0) is 11.0 Å². The van der Waals surface area contributed by atoms with Crippen LogP contribution in [0, 0.1) is 6.92 Å². The number of nitrogens with zero attached hydrogens (tertiary/aromatic N) is 6. The standard InChI is InChI=1S/C30H26F3N7O3S/c1-16(2)21-8-5-17(3)11-24(21)40-26(42)14-44-29(40)37-28(43)36-23-9-6-19(12-22(23)18(4)41)27-35-15-39(38-27)25-10-7-20(13-34-25)30(31,32)33/h5-13,15-16H,14H2,1-4H3,(H,36,43)/b37-29-. The van der Waals surface area contributed by atoms with Crippen molar-refractivity contribution in [1.29, 1.82) is 0 Å². The van der Waals surface area contributed by atoms with Gasteiger partial charge in [-0.2, -0.15) is 18.2 Å². The number of alkyl halides is 3. The molecule has 1 N–H and O–H groups in total.